The summed E-state index contributed by atoms with van der Waals surface area (Å²) in [6.45, 7) is 1.16. The topological polar surface area (TPSA) is 36.4 Å². The first-order chi connectivity index (χ1) is 10.2. The molecule has 0 atom stereocenters. The first kappa shape index (κ1) is 18.8. The summed E-state index contributed by atoms with van der Waals surface area (Å²) in [5, 5.41) is 8.26. The smallest absolute Gasteiger partial charge is 0.191 e. The highest BCUT2D eigenvalue weighted by molar-refractivity contribution is 14.0. The minimum absolute atomic E-state index is 0. The number of thiophene rings is 1. The van der Waals surface area contributed by atoms with Gasteiger partial charge in [0.15, 0.2) is 17.6 Å². The molecule has 120 valence electrons. The monoisotopic (exact) mass is 437 g/mol. The van der Waals surface area contributed by atoms with E-state index in [0.29, 0.717) is 31.0 Å². The normalized spacial score (nSPS) is 11.0. The van der Waals surface area contributed by atoms with Crippen LogP contribution in [-0.4, -0.2) is 19.6 Å². The number of benzene rings is 1. The van der Waals surface area contributed by atoms with Crippen LogP contribution >= 0.6 is 35.3 Å². The lowest BCUT2D eigenvalue weighted by Gasteiger charge is -2.11. The number of guanidine groups is 1. The Balaban J connectivity index is 0.00000242. The maximum atomic E-state index is 13.5. The van der Waals surface area contributed by atoms with Gasteiger partial charge in [0.25, 0.3) is 0 Å². The molecule has 0 spiro atoms. The summed E-state index contributed by atoms with van der Waals surface area (Å²) < 4.78 is 26.6. The largest absolute Gasteiger partial charge is 0.356 e. The minimum atomic E-state index is -0.812. The minimum Gasteiger partial charge on any atom is -0.356 e. The van der Waals surface area contributed by atoms with Crippen LogP contribution in [0.4, 0.5) is 8.78 Å². The molecule has 0 saturated heterocycles. The summed E-state index contributed by atoms with van der Waals surface area (Å²) in [7, 11) is 1.67. The van der Waals surface area contributed by atoms with Gasteiger partial charge in [0.1, 0.15) is 0 Å². The van der Waals surface area contributed by atoms with Gasteiger partial charge in [0.2, 0.25) is 0 Å². The molecule has 22 heavy (non-hydrogen) atoms. The van der Waals surface area contributed by atoms with Crippen LogP contribution in [-0.2, 0) is 13.0 Å². The van der Waals surface area contributed by atoms with Gasteiger partial charge in [-0.1, -0.05) is 18.2 Å². The number of halogens is 3. The second-order valence-electron chi connectivity index (χ2n) is 4.39. The van der Waals surface area contributed by atoms with E-state index in [1.54, 1.807) is 24.5 Å². The molecule has 0 amide bonds. The number of rotatable bonds is 5. The van der Waals surface area contributed by atoms with Crippen LogP contribution in [0, 0.1) is 11.6 Å². The van der Waals surface area contributed by atoms with E-state index in [1.165, 1.54) is 10.9 Å². The van der Waals surface area contributed by atoms with E-state index in [-0.39, 0.29) is 24.0 Å². The van der Waals surface area contributed by atoms with Crippen LogP contribution < -0.4 is 10.6 Å². The SMILES string of the molecule is CN=C(NCCc1cccc(F)c1F)NCc1cccs1.I. The van der Waals surface area contributed by atoms with Gasteiger partial charge in [-0.25, -0.2) is 8.78 Å². The second kappa shape index (κ2) is 9.73. The van der Waals surface area contributed by atoms with Gasteiger partial charge in [-0.2, -0.15) is 0 Å². The number of aliphatic imine (C=N–C) groups is 1. The lowest BCUT2D eigenvalue weighted by atomic mass is 10.1. The zero-order valence-electron chi connectivity index (χ0n) is 12.1. The van der Waals surface area contributed by atoms with Crippen LogP contribution in [0.1, 0.15) is 10.4 Å². The third-order valence-electron chi connectivity index (χ3n) is 2.95. The highest BCUT2D eigenvalue weighted by Crippen LogP contribution is 2.11. The predicted molar refractivity (Wildman–Crippen MR) is 98.0 cm³/mol. The molecule has 0 saturated carbocycles. The van der Waals surface area contributed by atoms with Crippen molar-refractivity contribution >= 4 is 41.3 Å². The van der Waals surface area contributed by atoms with E-state index in [9.17, 15) is 8.78 Å². The average Bonchev–Trinajstić information content (AvgIpc) is 3.00. The molecule has 1 heterocycles. The Kier molecular flexibility index (Phi) is 8.32. The fourth-order valence-electron chi connectivity index (χ4n) is 1.86. The molecule has 0 aliphatic rings. The average molecular weight is 437 g/mol. The first-order valence-corrected chi connectivity index (χ1v) is 7.48. The molecule has 3 nitrogen and oxygen atoms in total. The van der Waals surface area contributed by atoms with E-state index in [1.807, 2.05) is 17.5 Å². The third kappa shape index (κ3) is 5.53. The molecule has 7 heteroatoms. The highest BCUT2D eigenvalue weighted by atomic mass is 127. The van der Waals surface area contributed by atoms with Crippen LogP contribution in [0.25, 0.3) is 0 Å². The van der Waals surface area contributed by atoms with Gasteiger partial charge in [-0.15, -0.1) is 35.3 Å². The van der Waals surface area contributed by atoms with Crippen molar-refractivity contribution in [2.24, 2.45) is 4.99 Å². The number of nitrogens with one attached hydrogen (secondary N) is 2. The molecular formula is C15H18F2IN3S. The van der Waals surface area contributed by atoms with E-state index < -0.39 is 11.6 Å². The summed E-state index contributed by atoms with van der Waals surface area (Å²) in [6, 6.07) is 8.24. The molecule has 0 bridgehead atoms. The van der Waals surface area contributed by atoms with Crippen molar-refractivity contribution in [3.8, 4) is 0 Å². The Morgan fingerprint density at radius 3 is 2.68 bits per heavy atom. The van der Waals surface area contributed by atoms with Crippen LogP contribution in [0.15, 0.2) is 40.7 Å². The molecule has 0 aliphatic heterocycles. The van der Waals surface area contributed by atoms with Crippen molar-refractivity contribution in [2.75, 3.05) is 13.6 Å². The molecule has 0 fully saturated rings. The van der Waals surface area contributed by atoms with Crippen molar-refractivity contribution in [1.82, 2.24) is 10.6 Å². The summed E-state index contributed by atoms with van der Waals surface area (Å²) in [4.78, 5) is 5.29. The molecular weight excluding hydrogens is 419 g/mol. The van der Waals surface area contributed by atoms with Crippen molar-refractivity contribution in [1.29, 1.82) is 0 Å². The van der Waals surface area contributed by atoms with Crippen LogP contribution in [0.2, 0.25) is 0 Å². The third-order valence-corrected chi connectivity index (χ3v) is 3.83. The van der Waals surface area contributed by atoms with Crippen LogP contribution in [0.3, 0.4) is 0 Å². The van der Waals surface area contributed by atoms with Gasteiger partial charge in [0.05, 0.1) is 6.54 Å². The zero-order chi connectivity index (χ0) is 15.1. The summed E-state index contributed by atoms with van der Waals surface area (Å²) in [5.41, 5.74) is 0.358. The van der Waals surface area contributed by atoms with E-state index in [0.717, 1.165) is 6.07 Å². The summed E-state index contributed by atoms with van der Waals surface area (Å²) >= 11 is 1.66. The Morgan fingerprint density at radius 2 is 2.00 bits per heavy atom. The fourth-order valence-corrected chi connectivity index (χ4v) is 2.51. The Labute approximate surface area is 149 Å². The lowest BCUT2D eigenvalue weighted by molar-refractivity contribution is 0.498. The van der Waals surface area contributed by atoms with E-state index in [4.69, 9.17) is 0 Å². The molecule has 2 N–H and O–H groups in total. The molecule has 0 unspecified atom stereocenters. The van der Waals surface area contributed by atoms with Crippen molar-refractivity contribution < 1.29 is 8.78 Å². The predicted octanol–water partition coefficient (Wildman–Crippen LogP) is 3.55. The van der Waals surface area contributed by atoms with E-state index >= 15 is 0 Å². The Morgan fingerprint density at radius 1 is 1.18 bits per heavy atom. The molecule has 2 aromatic rings. The zero-order valence-corrected chi connectivity index (χ0v) is 15.3. The summed E-state index contributed by atoms with van der Waals surface area (Å²) in [5.74, 6) is -0.950. The number of hydrogen-bond donors (Lipinski definition) is 2. The van der Waals surface area contributed by atoms with E-state index in [2.05, 4.69) is 15.6 Å². The standard InChI is InChI=1S/C15H17F2N3S.HI/c1-18-15(20-10-12-5-3-9-21-12)19-8-7-11-4-2-6-13(16)14(11)17;/h2-6,9H,7-8,10H2,1H3,(H2,18,19,20);1H. The Bertz CT molecular complexity index is 603. The van der Waals surface area contributed by atoms with Crippen molar-refractivity contribution in [2.45, 2.75) is 13.0 Å². The lowest BCUT2D eigenvalue weighted by Crippen LogP contribution is -2.37. The maximum Gasteiger partial charge on any atom is 0.191 e. The first-order valence-electron chi connectivity index (χ1n) is 6.60. The highest BCUT2D eigenvalue weighted by Gasteiger charge is 2.07. The van der Waals surface area contributed by atoms with Crippen LogP contribution in [0.5, 0.6) is 0 Å². The van der Waals surface area contributed by atoms with Crippen molar-refractivity contribution in [3.63, 3.8) is 0 Å². The van der Waals surface area contributed by atoms with Crippen molar-refractivity contribution in [3.05, 3.63) is 57.8 Å². The molecule has 1 aromatic carbocycles. The number of nitrogens with zero attached hydrogens (tertiary/aromatic N) is 1. The molecule has 2 rings (SSSR count). The van der Waals surface area contributed by atoms with Gasteiger partial charge < -0.3 is 10.6 Å². The Hall–Kier alpha value is -1.22. The molecule has 1 aromatic heterocycles. The van der Waals surface area contributed by atoms with Gasteiger partial charge in [0, 0.05) is 18.5 Å². The molecule has 0 radical (unpaired) electrons. The van der Waals surface area contributed by atoms with Gasteiger partial charge in [-0.05, 0) is 29.5 Å². The number of hydrogen-bond acceptors (Lipinski definition) is 2. The fraction of sp³-hybridized carbons (Fsp3) is 0.267. The van der Waals surface area contributed by atoms with Gasteiger partial charge >= 0.3 is 0 Å². The summed E-state index contributed by atoms with van der Waals surface area (Å²) in [6.07, 6.45) is 0.392. The van der Waals surface area contributed by atoms with Gasteiger partial charge in [-0.3, -0.25) is 4.99 Å². The quantitative estimate of drug-likeness (QED) is 0.427. The molecule has 0 aliphatic carbocycles. The maximum absolute atomic E-state index is 13.5. The second-order valence-corrected chi connectivity index (χ2v) is 5.43.